The highest BCUT2D eigenvalue weighted by Crippen LogP contribution is 2.32. The van der Waals surface area contributed by atoms with Crippen molar-refractivity contribution in [3.8, 4) is 0 Å². The summed E-state index contributed by atoms with van der Waals surface area (Å²) < 4.78 is 63.5. The van der Waals surface area contributed by atoms with E-state index in [9.17, 15) is 27.2 Å². The molecule has 0 saturated carbocycles. The molecule has 0 saturated heterocycles. The Labute approximate surface area is 148 Å². The van der Waals surface area contributed by atoms with Gasteiger partial charge in [0.15, 0.2) is 0 Å². The van der Waals surface area contributed by atoms with E-state index in [0.29, 0.717) is 0 Å². The normalized spacial score (nSPS) is 13.3. The molecule has 1 aromatic carbocycles. The van der Waals surface area contributed by atoms with Crippen molar-refractivity contribution in [2.24, 2.45) is 0 Å². The molecule has 1 atom stereocenters. The highest BCUT2D eigenvalue weighted by atomic mass is 19.4. The van der Waals surface area contributed by atoms with Gasteiger partial charge in [-0.05, 0) is 39.8 Å². The van der Waals surface area contributed by atoms with Crippen LogP contribution in [0.5, 0.6) is 0 Å². The number of benzene rings is 1. The second-order valence-corrected chi connectivity index (χ2v) is 6.62. The summed E-state index contributed by atoms with van der Waals surface area (Å²) in [4.78, 5) is 24.5. The molecule has 0 fully saturated rings. The summed E-state index contributed by atoms with van der Waals surface area (Å²) in [6.07, 6.45) is -5.27. The van der Waals surface area contributed by atoms with Gasteiger partial charge in [-0.25, -0.2) is 9.18 Å². The fourth-order valence-electron chi connectivity index (χ4n) is 2.23. The van der Waals surface area contributed by atoms with Crippen LogP contribution in [-0.4, -0.2) is 43.4 Å². The first-order valence-corrected chi connectivity index (χ1v) is 7.70. The van der Waals surface area contributed by atoms with Gasteiger partial charge in [0.1, 0.15) is 11.4 Å². The van der Waals surface area contributed by atoms with Gasteiger partial charge in [-0.2, -0.15) is 13.2 Å². The van der Waals surface area contributed by atoms with E-state index in [2.05, 4.69) is 0 Å². The van der Waals surface area contributed by atoms with E-state index in [1.165, 1.54) is 14.0 Å². The number of para-hydroxylation sites is 1. The SMILES string of the molecule is COC[C@H](C)N(C(=O)C(F)(F)F)c1c(F)cccc1C(=O)OC(C)(C)C. The van der Waals surface area contributed by atoms with Crippen LogP contribution in [0.25, 0.3) is 0 Å². The monoisotopic (exact) mass is 379 g/mol. The van der Waals surface area contributed by atoms with Crippen molar-refractivity contribution in [2.45, 2.75) is 45.5 Å². The molecule has 1 aromatic rings. The van der Waals surface area contributed by atoms with Crippen LogP contribution in [0, 0.1) is 5.82 Å². The molecule has 0 heterocycles. The largest absolute Gasteiger partial charge is 0.471 e. The van der Waals surface area contributed by atoms with Crippen LogP contribution in [0.3, 0.4) is 0 Å². The number of ether oxygens (including phenoxy) is 2. The van der Waals surface area contributed by atoms with Crippen molar-refractivity contribution in [3.63, 3.8) is 0 Å². The Kier molecular flexibility index (Phi) is 6.76. The van der Waals surface area contributed by atoms with Crippen LogP contribution in [0.1, 0.15) is 38.1 Å². The molecule has 9 heteroatoms. The van der Waals surface area contributed by atoms with Crippen molar-refractivity contribution in [1.29, 1.82) is 0 Å². The molecular formula is C17H21F4NO4. The number of hydrogen-bond acceptors (Lipinski definition) is 4. The molecular weight excluding hydrogens is 358 g/mol. The Morgan fingerprint density at radius 1 is 1.19 bits per heavy atom. The summed E-state index contributed by atoms with van der Waals surface area (Å²) in [7, 11) is 1.23. The zero-order valence-electron chi connectivity index (χ0n) is 15.1. The zero-order chi connectivity index (χ0) is 20.3. The molecule has 26 heavy (non-hydrogen) atoms. The third-order valence-electron chi connectivity index (χ3n) is 3.16. The summed E-state index contributed by atoms with van der Waals surface area (Å²) in [5.74, 6) is -4.51. The van der Waals surface area contributed by atoms with Crippen molar-refractivity contribution in [2.75, 3.05) is 18.6 Å². The number of rotatable bonds is 5. The zero-order valence-corrected chi connectivity index (χ0v) is 15.1. The molecule has 0 spiro atoms. The molecule has 0 aliphatic heterocycles. The number of carbonyl (C=O) groups excluding carboxylic acids is 2. The Morgan fingerprint density at radius 2 is 1.77 bits per heavy atom. The van der Waals surface area contributed by atoms with Crippen LogP contribution in [0.4, 0.5) is 23.2 Å². The van der Waals surface area contributed by atoms with Gasteiger partial charge in [0.05, 0.1) is 23.9 Å². The Hall–Kier alpha value is -2.16. The van der Waals surface area contributed by atoms with Gasteiger partial charge >= 0.3 is 18.1 Å². The number of nitrogens with zero attached hydrogens (tertiary/aromatic N) is 1. The minimum atomic E-state index is -5.27. The lowest BCUT2D eigenvalue weighted by Crippen LogP contribution is -2.49. The van der Waals surface area contributed by atoms with Gasteiger partial charge in [0.2, 0.25) is 0 Å². The molecule has 1 amide bonds. The first kappa shape index (κ1) is 21.9. The minimum absolute atomic E-state index is 0.179. The summed E-state index contributed by atoms with van der Waals surface area (Å²) in [5, 5.41) is 0. The number of anilines is 1. The van der Waals surface area contributed by atoms with Crippen molar-refractivity contribution in [1.82, 2.24) is 0 Å². The lowest BCUT2D eigenvalue weighted by atomic mass is 10.1. The number of carbonyl (C=O) groups is 2. The molecule has 0 N–H and O–H groups in total. The lowest BCUT2D eigenvalue weighted by molar-refractivity contribution is -0.171. The van der Waals surface area contributed by atoms with Crippen molar-refractivity contribution in [3.05, 3.63) is 29.6 Å². The van der Waals surface area contributed by atoms with Gasteiger partial charge in [0, 0.05) is 7.11 Å². The highest BCUT2D eigenvalue weighted by Gasteiger charge is 2.46. The number of amides is 1. The maximum absolute atomic E-state index is 14.4. The van der Waals surface area contributed by atoms with E-state index in [-0.39, 0.29) is 11.5 Å². The third kappa shape index (κ3) is 5.42. The smallest absolute Gasteiger partial charge is 0.456 e. The average Bonchev–Trinajstić information content (AvgIpc) is 2.46. The number of halogens is 4. The van der Waals surface area contributed by atoms with Gasteiger partial charge < -0.3 is 9.47 Å². The fourth-order valence-corrected chi connectivity index (χ4v) is 2.23. The fraction of sp³-hybridized carbons (Fsp3) is 0.529. The van der Waals surface area contributed by atoms with Crippen LogP contribution in [0.15, 0.2) is 18.2 Å². The van der Waals surface area contributed by atoms with Crippen LogP contribution >= 0.6 is 0 Å². The molecule has 1 rings (SSSR count). The predicted molar refractivity (Wildman–Crippen MR) is 86.4 cm³/mol. The van der Waals surface area contributed by atoms with E-state index < -0.39 is 46.8 Å². The topological polar surface area (TPSA) is 55.8 Å². The van der Waals surface area contributed by atoms with Crippen molar-refractivity contribution >= 4 is 17.6 Å². The van der Waals surface area contributed by atoms with E-state index in [1.54, 1.807) is 20.8 Å². The van der Waals surface area contributed by atoms with Gasteiger partial charge in [-0.15, -0.1) is 0 Å². The van der Waals surface area contributed by atoms with Gasteiger partial charge in [-0.1, -0.05) is 6.07 Å². The predicted octanol–water partition coefficient (Wildman–Crippen LogP) is 3.71. The second kappa shape index (κ2) is 8.03. The molecule has 0 radical (unpaired) electrons. The van der Waals surface area contributed by atoms with Gasteiger partial charge in [0.25, 0.3) is 0 Å². The Balaban J connectivity index is 3.55. The quantitative estimate of drug-likeness (QED) is 0.578. The highest BCUT2D eigenvalue weighted by molar-refractivity contribution is 6.05. The molecule has 5 nitrogen and oxygen atoms in total. The summed E-state index contributed by atoms with van der Waals surface area (Å²) in [5.41, 5.74) is -2.24. The number of methoxy groups -OCH3 is 1. The van der Waals surface area contributed by atoms with Crippen LogP contribution in [0.2, 0.25) is 0 Å². The molecule has 0 unspecified atom stereocenters. The lowest BCUT2D eigenvalue weighted by Gasteiger charge is -2.31. The first-order chi connectivity index (χ1) is 11.8. The Bertz CT molecular complexity index is 668. The molecule has 0 aliphatic carbocycles. The van der Waals surface area contributed by atoms with E-state index in [0.717, 1.165) is 18.2 Å². The van der Waals surface area contributed by atoms with Crippen molar-refractivity contribution < 1.29 is 36.6 Å². The summed E-state index contributed by atoms with van der Waals surface area (Å²) >= 11 is 0. The summed E-state index contributed by atoms with van der Waals surface area (Å²) in [6, 6.07) is 1.92. The standard InChI is InChI=1S/C17H21F4NO4/c1-10(9-25-5)22(15(24)17(19,20)21)13-11(7-6-8-12(13)18)14(23)26-16(2,3)4/h6-8,10H,9H2,1-5H3/t10-/m0/s1. The van der Waals surface area contributed by atoms with E-state index >= 15 is 0 Å². The first-order valence-electron chi connectivity index (χ1n) is 7.70. The summed E-state index contributed by atoms with van der Waals surface area (Å²) in [6.45, 7) is 5.60. The Morgan fingerprint density at radius 3 is 2.23 bits per heavy atom. The minimum Gasteiger partial charge on any atom is -0.456 e. The number of esters is 1. The molecule has 0 aliphatic rings. The maximum Gasteiger partial charge on any atom is 0.471 e. The van der Waals surface area contributed by atoms with Crippen LogP contribution < -0.4 is 4.90 Å². The van der Waals surface area contributed by atoms with E-state index in [1.807, 2.05) is 0 Å². The average molecular weight is 379 g/mol. The molecule has 146 valence electrons. The van der Waals surface area contributed by atoms with Crippen LogP contribution in [-0.2, 0) is 14.3 Å². The molecule has 0 aromatic heterocycles. The third-order valence-corrected chi connectivity index (χ3v) is 3.16. The number of hydrogen-bond donors (Lipinski definition) is 0. The van der Waals surface area contributed by atoms with E-state index in [4.69, 9.17) is 9.47 Å². The van der Waals surface area contributed by atoms with Gasteiger partial charge in [-0.3, -0.25) is 9.69 Å². The molecule has 0 bridgehead atoms. The number of alkyl halides is 3. The second-order valence-electron chi connectivity index (χ2n) is 6.62. The maximum atomic E-state index is 14.4.